The van der Waals surface area contributed by atoms with Crippen molar-refractivity contribution in [3.63, 3.8) is 0 Å². The minimum Gasteiger partial charge on any atom is -0.378 e. The van der Waals surface area contributed by atoms with Crippen molar-refractivity contribution < 1.29 is 14.3 Å². The summed E-state index contributed by atoms with van der Waals surface area (Å²) < 4.78 is 15.6. The van der Waals surface area contributed by atoms with Crippen molar-refractivity contribution in [3.8, 4) is 5.69 Å². The third-order valence-electron chi connectivity index (χ3n) is 6.79. The third kappa shape index (κ3) is 5.17. The van der Waals surface area contributed by atoms with Gasteiger partial charge in [0.25, 0.3) is 0 Å². The maximum atomic E-state index is 13.3. The predicted molar refractivity (Wildman–Crippen MR) is 137 cm³/mol. The molecular weight excluding hydrogens is 462 g/mol. The highest BCUT2D eigenvalue weighted by Crippen LogP contribution is 2.29. The number of Topliss-reactive ketones (excluding diaryl/α,β-unsaturated/α-hetero) is 1. The van der Waals surface area contributed by atoms with E-state index in [0.29, 0.717) is 19.0 Å². The molecule has 0 N–H and O–H groups in total. The number of morpholine rings is 1. The van der Waals surface area contributed by atoms with Gasteiger partial charge in [-0.2, -0.15) is 0 Å². The molecule has 5 rings (SSSR count). The Hall–Kier alpha value is -2.62. The smallest absolute Gasteiger partial charge is 0.232 e. The van der Waals surface area contributed by atoms with Crippen LogP contribution in [-0.4, -0.2) is 69.9 Å². The average Bonchev–Trinajstić information content (AvgIpc) is 3.59. The second kappa shape index (κ2) is 10.6. The molecule has 0 bridgehead atoms. The summed E-state index contributed by atoms with van der Waals surface area (Å²) >= 11 is 1.44. The number of ether oxygens (including phenoxy) is 2. The van der Waals surface area contributed by atoms with Gasteiger partial charge in [0.1, 0.15) is 0 Å². The Morgan fingerprint density at radius 1 is 1.11 bits per heavy atom. The SMILES string of the molecule is Cc1cccc(-n2c(SCC(=O)c3cc(C)n(C[C@@H]4CCCO4)c3C)nnc2N2CCOCC2)c1. The Kier molecular flexibility index (Phi) is 7.27. The first-order chi connectivity index (χ1) is 17.0. The number of benzene rings is 1. The quantitative estimate of drug-likeness (QED) is 0.346. The molecular formula is C26H33N5O3S. The Bertz CT molecular complexity index is 1190. The van der Waals surface area contributed by atoms with E-state index in [1.165, 1.54) is 11.8 Å². The Morgan fingerprint density at radius 2 is 1.94 bits per heavy atom. The van der Waals surface area contributed by atoms with E-state index in [4.69, 9.17) is 9.47 Å². The van der Waals surface area contributed by atoms with Crippen molar-refractivity contribution >= 4 is 23.5 Å². The van der Waals surface area contributed by atoms with E-state index < -0.39 is 0 Å². The maximum absolute atomic E-state index is 13.3. The first-order valence-corrected chi connectivity index (χ1v) is 13.3. The number of aromatic nitrogens is 4. The first kappa shape index (κ1) is 24.1. The molecule has 2 aliphatic rings. The van der Waals surface area contributed by atoms with Gasteiger partial charge in [0.2, 0.25) is 5.95 Å². The van der Waals surface area contributed by atoms with Gasteiger partial charge in [0.05, 0.1) is 30.8 Å². The topological polar surface area (TPSA) is 74.4 Å². The fourth-order valence-corrected chi connectivity index (χ4v) is 5.71. The highest BCUT2D eigenvalue weighted by molar-refractivity contribution is 7.99. The van der Waals surface area contributed by atoms with E-state index in [0.717, 1.165) is 78.4 Å². The number of hydrogen-bond acceptors (Lipinski definition) is 7. The summed E-state index contributed by atoms with van der Waals surface area (Å²) in [7, 11) is 0. The molecule has 1 aromatic carbocycles. The van der Waals surface area contributed by atoms with Crippen molar-refractivity contribution in [2.75, 3.05) is 43.6 Å². The summed E-state index contributed by atoms with van der Waals surface area (Å²) in [5.74, 6) is 1.20. The van der Waals surface area contributed by atoms with Crippen LogP contribution in [0.4, 0.5) is 5.95 Å². The summed E-state index contributed by atoms with van der Waals surface area (Å²) in [5.41, 5.74) is 5.06. The summed E-state index contributed by atoms with van der Waals surface area (Å²) in [6.45, 7) is 10.7. The second-order valence-electron chi connectivity index (χ2n) is 9.30. The van der Waals surface area contributed by atoms with E-state index >= 15 is 0 Å². The normalized spacial score (nSPS) is 18.4. The molecule has 35 heavy (non-hydrogen) atoms. The molecule has 0 unspecified atom stereocenters. The first-order valence-electron chi connectivity index (χ1n) is 12.3. The largest absolute Gasteiger partial charge is 0.378 e. The molecule has 1 atom stereocenters. The van der Waals surface area contributed by atoms with E-state index in [9.17, 15) is 4.79 Å². The van der Waals surface area contributed by atoms with E-state index in [1.807, 2.05) is 19.1 Å². The molecule has 8 nitrogen and oxygen atoms in total. The summed E-state index contributed by atoms with van der Waals surface area (Å²) in [5, 5.41) is 9.74. The summed E-state index contributed by atoms with van der Waals surface area (Å²) in [6, 6.07) is 10.3. The van der Waals surface area contributed by atoms with Crippen molar-refractivity contribution in [1.29, 1.82) is 0 Å². The van der Waals surface area contributed by atoms with Crippen LogP contribution in [0.15, 0.2) is 35.5 Å². The summed E-state index contributed by atoms with van der Waals surface area (Å²) in [4.78, 5) is 15.5. The zero-order valence-corrected chi connectivity index (χ0v) is 21.5. The van der Waals surface area contributed by atoms with Gasteiger partial charge in [-0.3, -0.25) is 9.36 Å². The zero-order valence-electron chi connectivity index (χ0n) is 20.7. The van der Waals surface area contributed by atoms with Crippen LogP contribution in [0.5, 0.6) is 0 Å². The molecule has 2 aromatic heterocycles. The van der Waals surface area contributed by atoms with Crippen LogP contribution >= 0.6 is 11.8 Å². The van der Waals surface area contributed by atoms with E-state index in [2.05, 4.69) is 56.3 Å². The number of hydrogen-bond donors (Lipinski definition) is 0. The average molecular weight is 496 g/mol. The predicted octanol–water partition coefficient (Wildman–Crippen LogP) is 3.98. The van der Waals surface area contributed by atoms with Crippen molar-refractivity contribution in [2.24, 2.45) is 0 Å². The lowest BCUT2D eigenvalue weighted by atomic mass is 10.2. The Balaban J connectivity index is 1.37. The van der Waals surface area contributed by atoms with Gasteiger partial charge < -0.3 is 18.9 Å². The number of ketones is 1. The van der Waals surface area contributed by atoms with Gasteiger partial charge in [-0.1, -0.05) is 23.9 Å². The molecule has 4 heterocycles. The summed E-state index contributed by atoms with van der Waals surface area (Å²) in [6.07, 6.45) is 2.43. The van der Waals surface area contributed by atoms with Crippen LogP contribution in [-0.2, 0) is 16.0 Å². The lowest BCUT2D eigenvalue weighted by Crippen LogP contribution is -2.37. The molecule has 186 valence electrons. The van der Waals surface area contributed by atoms with Gasteiger partial charge in [0.15, 0.2) is 10.9 Å². The molecule has 0 radical (unpaired) electrons. The molecule has 9 heteroatoms. The second-order valence-corrected chi connectivity index (χ2v) is 10.2. The van der Waals surface area contributed by atoms with Crippen LogP contribution in [0.25, 0.3) is 5.69 Å². The highest BCUT2D eigenvalue weighted by Gasteiger charge is 2.24. The molecule has 0 amide bonds. The van der Waals surface area contributed by atoms with Crippen LogP contribution in [0.2, 0.25) is 0 Å². The molecule has 0 saturated carbocycles. The monoisotopic (exact) mass is 495 g/mol. The van der Waals surface area contributed by atoms with Gasteiger partial charge in [-0.15, -0.1) is 10.2 Å². The number of carbonyl (C=O) groups excluding carboxylic acids is 1. The Labute approximate surface area is 210 Å². The molecule has 2 aliphatic heterocycles. The fourth-order valence-electron chi connectivity index (χ4n) is 4.88. The standard InChI is InChI=1S/C26H33N5O3S/c1-18-6-4-7-21(14-18)31-25(29-9-12-33-13-10-29)27-28-26(31)35-17-24(32)23-15-19(2)30(20(23)3)16-22-8-5-11-34-22/h4,6-7,14-15,22H,5,8-13,16-17H2,1-3H3/t22-/m0/s1. The van der Waals surface area contributed by atoms with Crippen LogP contribution < -0.4 is 4.90 Å². The third-order valence-corrected chi connectivity index (χ3v) is 7.72. The van der Waals surface area contributed by atoms with Crippen molar-refractivity contribution in [3.05, 3.63) is 52.8 Å². The number of thioether (sulfide) groups is 1. The van der Waals surface area contributed by atoms with Crippen LogP contribution in [0.3, 0.4) is 0 Å². The minimum absolute atomic E-state index is 0.105. The minimum atomic E-state index is 0.105. The fraction of sp³-hybridized carbons (Fsp3) is 0.500. The van der Waals surface area contributed by atoms with E-state index in [1.54, 1.807) is 0 Å². The molecule has 3 aromatic rings. The van der Waals surface area contributed by atoms with Crippen molar-refractivity contribution in [2.45, 2.75) is 51.4 Å². The zero-order chi connectivity index (χ0) is 24.4. The number of anilines is 1. The molecule has 2 fully saturated rings. The molecule has 0 spiro atoms. The van der Waals surface area contributed by atoms with Gasteiger partial charge in [0, 0.05) is 43.2 Å². The van der Waals surface area contributed by atoms with Gasteiger partial charge in [-0.05, 0) is 57.4 Å². The number of aryl methyl sites for hydroxylation is 2. The number of carbonyl (C=O) groups is 1. The lowest BCUT2D eigenvalue weighted by molar-refractivity contribution is 0.0957. The Morgan fingerprint density at radius 3 is 2.69 bits per heavy atom. The maximum Gasteiger partial charge on any atom is 0.232 e. The highest BCUT2D eigenvalue weighted by atomic mass is 32.2. The van der Waals surface area contributed by atoms with Gasteiger partial charge >= 0.3 is 0 Å². The lowest BCUT2D eigenvalue weighted by Gasteiger charge is -2.28. The van der Waals surface area contributed by atoms with Gasteiger partial charge in [-0.25, -0.2) is 0 Å². The van der Waals surface area contributed by atoms with E-state index in [-0.39, 0.29) is 11.9 Å². The molecule has 0 aliphatic carbocycles. The van der Waals surface area contributed by atoms with Crippen LogP contribution in [0, 0.1) is 20.8 Å². The van der Waals surface area contributed by atoms with Crippen molar-refractivity contribution in [1.82, 2.24) is 19.3 Å². The number of nitrogens with zero attached hydrogens (tertiary/aromatic N) is 5. The number of rotatable bonds is 8. The molecule has 2 saturated heterocycles. The van der Waals surface area contributed by atoms with Crippen LogP contribution in [0.1, 0.15) is 40.2 Å².